The minimum atomic E-state index is -0.615. The number of hydrogen-bond acceptors (Lipinski definition) is 4. The van der Waals surface area contributed by atoms with Crippen molar-refractivity contribution in [2.75, 3.05) is 13.7 Å². The molecule has 1 N–H and O–H groups in total. The molecule has 2 unspecified atom stereocenters. The van der Waals surface area contributed by atoms with Crippen LogP contribution in [0.3, 0.4) is 0 Å². The van der Waals surface area contributed by atoms with Gasteiger partial charge in [-0.05, 0) is 26.7 Å². The second kappa shape index (κ2) is 7.36. The quantitative estimate of drug-likeness (QED) is 0.734. The van der Waals surface area contributed by atoms with Crippen molar-refractivity contribution in [3.05, 3.63) is 0 Å². The zero-order chi connectivity index (χ0) is 14.3. The Morgan fingerprint density at radius 1 is 1.28 bits per heavy atom. The van der Waals surface area contributed by atoms with Crippen molar-refractivity contribution in [3.63, 3.8) is 0 Å². The van der Waals surface area contributed by atoms with Gasteiger partial charge in [0.1, 0.15) is 12.6 Å². The van der Waals surface area contributed by atoms with E-state index >= 15 is 0 Å². The van der Waals surface area contributed by atoms with Crippen LogP contribution >= 0.6 is 0 Å². The Morgan fingerprint density at radius 2 is 1.83 bits per heavy atom. The highest BCUT2D eigenvalue weighted by Crippen LogP contribution is 2.10. The lowest BCUT2D eigenvalue weighted by molar-refractivity contribution is -0.147. The van der Waals surface area contributed by atoms with Gasteiger partial charge in [0.15, 0.2) is 0 Å². The maximum Gasteiger partial charge on any atom is 0.328 e. The van der Waals surface area contributed by atoms with E-state index in [9.17, 15) is 9.59 Å². The molecule has 5 heteroatoms. The molecule has 0 aromatic heterocycles. The van der Waals surface area contributed by atoms with Crippen LogP contribution in [0, 0.1) is 5.92 Å². The first-order valence-electron chi connectivity index (χ1n) is 6.22. The SMILES string of the molecule is CCC(C)C(NC(=O)COC(C)(C)C)C(=O)OC. The molecule has 18 heavy (non-hydrogen) atoms. The van der Waals surface area contributed by atoms with E-state index in [1.165, 1.54) is 7.11 Å². The number of hydrogen-bond donors (Lipinski definition) is 1. The number of rotatable bonds is 6. The third-order valence-corrected chi connectivity index (χ3v) is 2.62. The zero-order valence-electron chi connectivity index (χ0n) is 12.2. The van der Waals surface area contributed by atoms with E-state index in [-0.39, 0.29) is 24.0 Å². The molecule has 0 rings (SSSR count). The molecule has 0 aliphatic carbocycles. The molecule has 0 aliphatic rings. The van der Waals surface area contributed by atoms with Crippen LogP contribution in [-0.2, 0) is 19.1 Å². The Bertz CT molecular complexity index is 283. The van der Waals surface area contributed by atoms with Gasteiger partial charge >= 0.3 is 5.97 Å². The summed E-state index contributed by atoms with van der Waals surface area (Å²) in [5, 5.41) is 2.65. The highest BCUT2D eigenvalue weighted by atomic mass is 16.5. The smallest absolute Gasteiger partial charge is 0.328 e. The summed E-state index contributed by atoms with van der Waals surface area (Å²) < 4.78 is 10.0. The molecule has 0 heterocycles. The van der Waals surface area contributed by atoms with Crippen LogP contribution in [0.15, 0.2) is 0 Å². The van der Waals surface area contributed by atoms with Gasteiger partial charge in [0.2, 0.25) is 5.91 Å². The molecule has 0 radical (unpaired) electrons. The maximum absolute atomic E-state index is 11.7. The Labute approximate surface area is 109 Å². The molecular weight excluding hydrogens is 234 g/mol. The molecule has 0 fully saturated rings. The lowest BCUT2D eigenvalue weighted by Gasteiger charge is -2.23. The molecule has 0 aliphatic heterocycles. The first-order chi connectivity index (χ1) is 8.21. The van der Waals surface area contributed by atoms with Gasteiger partial charge in [-0.1, -0.05) is 20.3 Å². The fourth-order valence-corrected chi connectivity index (χ4v) is 1.29. The molecule has 0 saturated carbocycles. The van der Waals surface area contributed by atoms with Crippen LogP contribution in [0.25, 0.3) is 0 Å². The molecule has 0 bridgehead atoms. The van der Waals surface area contributed by atoms with Crippen molar-refractivity contribution in [1.82, 2.24) is 5.32 Å². The summed E-state index contributed by atoms with van der Waals surface area (Å²) in [5.41, 5.74) is -0.380. The molecule has 2 atom stereocenters. The average Bonchev–Trinajstić information content (AvgIpc) is 2.30. The summed E-state index contributed by atoms with van der Waals surface area (Å²) in [6, 6.07) is -0.615. The number of carbonyl (C=O) groups excluding carboxylic acids is 2. The van der Waals surface area contributed by atoms with E-state index < -0.39 is 12.0 Å². The monoisotopic (exact) mass is 259 g/mol. The Balaban J connectivity index is 4.41. The predicted octanol–water partition coefficient (Wildman–Crippen LogP) is 1.51. The van der Waals surface area contributed by atoms with Crippen molar-refractivity contribution < 1.29 is 19.1 Å². The largest absolute Gasteiger partial charge is 0.467 e. The Hall–Kier alpha value is -1.10. The van der Waals surface area contributed by atoms with E-state index in [0.29, 0.717) is 0 Å². The van der Waals surface area contributed by atoms with Crippen LogP contribution in [0.2, 0.25) is 0 Å². The first kappa shape index (κ1) is 16.9. The fraction of sp³-hybridized carbons (Fsp3) is 0.846. The molecule has 0 aromatic rings. The highest BCUT2D eigenvalue weighted by molar-refractivity contribution is 5.85. The van der Waals surface area contributed by atoms with Crippen molar-refractivity contribution in [3.8, 4) is 0 Å². The molecule has 5 nitrogen and oxygen atoms in total. The van der Waals surface area contributed by atoms with Crippen LogP contribution < -0.4 is 5.32 Å². The van der Waals surface area contributed by atoms with Crippen LogP contribution in [0.4, 0.5) is 0 Å². The van der Waals surface area contributed by atoms with Crippen molar-refractivity contribution in [2.24, 2.45) is 5.92 Å². The van der Waals surface area contributed by atoms with E-state index in [2.05, 4.69) is 10.1 Å². The van der Waals surface area contributed by atoms with Gasteiger partial charge in [-0.25, -0.2) is 4.79 Å². The number of carbonyl (C=O) groups is 2. The van der Waals surface area contributed by atoms with Crippen LogP contribution in [0.5, 0.6) is 0 Å². The number of esters is 1. The summed E-state index contributed by atoms with van der Waals surface area (Å²) in [5.74, 6) is -0.704. The zero-order valence-corrected chi connectivity index (χ0v) is 12.2. The second-order valence-electron chi connectivity index (χ2n) is 5.35. The Kier molecular flexibility index (Phi) is 6.91. The fourth-order valence-electron chi connectivity index (χ4n) is 1.29. The van der Waals surface area contributed by atoms with Gasteiger partial charge < -0.3 is 14.8 Å². The van der Waals surface area contributed by atoms with Crippen LogP contribution in [-0.4, -0.2) is 37.2 Å². The molecular formula is C13H25NO4. The van der Waals surface area contributed by atoms with Crippen molar-refractivity contribution in [2.45, 2.75) is 52.7 Å². The summed E-state index contributed by atoms with van der Waals surface area (Å²) in [7, 11) is 1.32. The lowest BCUT2D eigenvalue weighted by Crippen LogP contribution is -2.47. The van der Waals surface area contributed by atoms with E-state index in [1.807, 2.05) is 34.6 Å². The van der Waals surface area contributed by atoms with Gasteiger partial charge in [0.05, 0.1) is 12.7 Å². The molecule has 1 amide bonds. The summed E-state index contributed by atoms with van der Waals surface area (Å²) >= 11 is 0. The van der Waals surface area contributed by atoms with E-state index in [4.69, 9.17) is 4.74 Å². The lowest BCUT2D eigenvalue weighted by atomic mass is 9.99. The van der Waals surface area contributed by atoms with Crippen LogP contribution in [0.1, 0.15) is 41.0 Å². The highest BCUT2D eigenvalue weighted by Gasteiger charge is 2.27. The summed E-state index contributed by atoms with van der Waals surface area (Å²) in [4.78, 5) is 23.3. The molecule has 0 spiro atoms. The van der Waals surface area contributed by atoms with Gasteiger partial charge in [0.25, 0.3) is 0 Å². The van der Waals surface area contributed by atoms with Gasteiger partial charge in [-0.2, -0.15) is 0 Å². The summed E-state index contributed by atoms with van der Waals surface area (Å²) in [6.45, 7) is 9.39. The molecule has 106 valence electrons. The van der Waals surface area contributed by atoms with Gasteiger partial charge in [0, 0.05) is 0 Å². The number of amides is 1. The third kappa shape index (κ3) is 6.59. The standard InChI is InChI=1S/C13H25NO4/c1-7-9(2)11(12(16)17-6)14-10(15)8-18-13(3,4)5/h9,11H,7-8H2,1-6H3,(H,14,15). The van der Waals surface area contributed by atoms with Crippen molar-refractivity contribution >= 4 is 11.9 Å². The normalized spacial score (nSPS) is 14.8. The first-order valence-corrected chi connectivity index (χ1v) is 6.22. The number of methoxy groups -OCH3 is 1. The van der Waals surface area contributed by atoms with E-state index in [0.717, 1.165) is 6.42 Å². The maximum atomic E-state index is 11.7. The van der Waals surface area contributed by atoms with Gasteiger partial charge in [-0.15, -0.1) is 0 Å². The predicted molar refractivity (Wildman–Crippen MR) is 69.1 cm³/mol. The minimum absolute atomic E-state index is 0.0241. The number of nitrogens with one attached hydrogen (secondary N) is 1. The molecule has 0 saturated heterocycles. The summed E-state index contributed by atoms with van der Waals surface area (Å²) in [6.07, 6.45) is 0.778. The number of ether oxygens (including phenoxy) is 2. The minimum Gasteiger partial charge on any atom is -0.467 e. The van der Waals surface area contributed by atoms with Crippen molar-refractivity contribution in [1.29, 1.82) is 0 Å². The average molecular weight is 259 g/mol. The van der Waals surface area contributed by atoms with E-state index in [1.54, 1.807) is 0 Å². The third-order valence-electron chi connectivity index (χ3n) is 2.62. The molecule has 0 aromatic carbocycles. The van der Waals surface area contributed by atoms with Gasteiger partial charge in [-0.3, -0.25) is 4.79 Å². The topological polar surface area (TPSA) is 64.6 Å². The Morgan fingerprint density at radius 3 is 2.22 bits per heavy atom. The second-order valence-corrected chi connectivity index (χ2v) is 5.35.